The second-order valence-corrected chi connectivity index (χ2v) is 7.17. The molecule has 142 valence electrons. The van der Waals surface area contributed by atoms with Crippen molar-refractivity contribution in [1.82, 2.24) is 30.7 Å². The van der Waals surface area contributed by atoms with Gasteiger partial charge in [0.1, 0.15) is 17.8 Å². The number of hydrogen-bond donors (Lipinski definition) is 2. The van der Waals surface area contributed by atoms with Gasteiger partial charge < -0.3 is 5.32 Å². The summed E-state index contributed by atoms with van der Waals surface area (Å²) in [5, 5.41) is 7.46. The minimum absolute atomic E-state index is 0.0957. The summed E-state index contributed by atoms with van der Waals surface area (Å²) in [6.07, 6.45) is 5.26. The highest BCUT2D eigenvalue weighted by Crippen LogP contribution is 2.51. The van der Waals surface area contributed by atoms with E-state index in [0.29, 0.717) is 11.8 Å². The number of aryl methyl sites for hydroxylation is 1. The van der Waals surface area contributed by atoms with E-state index in [4.69, 9.17) is 0 Å². The van der Waals surface area contributed by atoms with Crippen LogP contribution in [0.15, 0.2) is 71.4 Å². The van der Waals surface area contributed by atoms with Gasteiger partial charge in [0.05, 0.1) is 5.92 Å². The van der Waals surface area contributed by atoms with E-state index in [-0.39, 0.29) is 23.4 Å². The Bertz CT molecular complexity index is 1040. The first-order valence-electron chi connectivity index (χ1n) is 9.16. The molecule has 5 rings (SSSR count). The number of hydrazine groups is 1. The van der Waals surface area contributed by atoms with Crippen molar-refractivity contribution in [2.24, 2.45) is 7.05 Å². The zero-order valence-electron chi connectivity index (χ0n) is 15.3. The van der Waals surface area contributed by atoms with E-state index in [2.05, 4.69) is 33.0 Å². The van der Waals surface area contributed by atoms with E-state index in [1.54, 1.807) is 10.9 Å². The summed E-state index contributed by atoms with van der Waals surface area (Å²) in [6, 6.07) is 10.2. The van der Waals surface area contributed by atoms with Gasteiger partial charge in [-0.15, -0.1) is 5.23 Å². The Balaban J connectivity index is 1.75. The molecule has 3 heterocycles. The lowest BCUT2D eigenvalue weighted by Gasteiger charge is -2.40. The van der Waals surface area contributed by atoms with Crippen molar-refractivity contribution in [3.05, 3.63) is 82.7 Å². The van der Waals surface area contributed by atoms with Crippen molar-refractivity contribution in [3.8, 4) is 0 Å². The van der Waals surface area contributed by atoms with E-state index in [0.717, 1.165) is 29.0 Å². The van der Waals surface area contributed by atoms with Crippen molar-refractivity contribution in [2.75, 3.05) is 6.54 Å². The van der Waals surface area contributed by atoms with Gasteiger partial charge in [0.2, 0.25) is 5.91 Å². The Hall–Kier alpha value is -3.26. The summed E-state index contributed by atoms with van der Waals surface area (Å²) in [4.78, 5) is 16.7. The van der Waals surface area contributed by atoms with Gasteiger partial charge in [-0.1, -0.05) is 34.8 Å². The normalized spacial score (nSPS) is 24.2. The summed E-state index contributed by atoms with van der Waals surface area (Å²) in [6.45, 7) is 0.392. The number of nitrogens with zero attached hydrogens (tertiary/aromatic N) is 4. The van der Waals surface area contributed by atoms with Gasteiger partial charge in [-0.3, -0.25) is 9.48 Å². The molecule has 0 spiro atoms. The van der Waals surface area contributed by atoms with Crippen LogP contribution in [0.5, 0.6) is 0 Å². The molecule has 28 heavy (non-hydrogen) atoms. The molecule has 0 saturated carbocycles. The van der Waals surface area contributed by atoms with Gasteiger partial charge >= 0.3 is 0 Å². The van der Waals surface area contributed by atoms with Crippen molar-refractivity contribution in [3.63, 3.8) is 0 Å². The molecule has 8 heteroatoms. The third-order valence-corrected chi connectivity index (χ3v) is 5.63. The number of amides is 1. The highest BCUT2D eigenvalue weighted by atomic mass is 19.2. The second kappa shape index (κ2) is 6.42. The third-order valence-electron chi connectivity index (χ3n) is 5.63. The van der Waals surface area contributed by atoms with Crippen LogP contribution >= 0.6 is 0 Å². The van der Waals surface area contributed by atoms with Crippen molar-refractivity contribution in [1.29, 1.82) is 0 Å². The van der Waals surface area contributed by atoms with Crippen molar-refractivity contribution < 1.29 is 9.28 Å². The van der Waals surface area contributed by atoms with E-state index < -0.39 is 0 Å². The number of nitrogens with one attached hydrogen (secondary N) is 2. The van der Waals surface area contributed by atoms with Crippen LogP contribution in [0.1, 0.15) is 29.6 Å². The average molecular weight is 378 g/mol. The maximum Gasteiger partial charge on any atom is 0.250 e. The second-order valence-electron chi connectivity index (χ2n) is 7.17. The Morgan fingerprint density at radius 1 is 1.25 bits per heavy atom. The summed E-state index contributed by atoms with van der Waals surface area (Å²) >= 11 is 0. The number of benzene rings is 1. The van der Waals surface area contributed by atoms with Gasteiger partial charge in [-0.25, -0.2) is 10.4 Å². The molecule has 2 unspecified atom stereocenters. The molecule has 0 fully saturated rings. The molecule has 0 radical (unpaired) electrons. The van der Waals surface area contributed by atoms with Crippen LogP contribution in [0.3, 0.4) is 0 Å². The van der Waals surface area contributed by atoms with Gasteiger partial charge in [-0.05, 0) is 23.1 Å². The molecule has 0 saturated heterocycles. The molecule has 7 nitrogen and oxygen atoms in total. The topological polar surface area (TPSA) is 75.1 Å². The number of halogens is 1. The largest absolute Gasteiger partial charge is 0.329 e. The standard InChI is InChI=1S/C20H19FN6O/c1-26-20(23-11-25-26)19-14(12-5-3-2-4-6-12)7-13-9-24-27(21)16-8-17(28)22-10-15(19)18(13)16/h2-6,8,10-11,14,19,24H,7,9H2,1H3,(H,22,28). The lowest BCUT2D eigenvalue weighted by atomic mass is 9.68. The number of hydrogen-bond acceptors (Lipinski definition) is 5. The quantitative estimate of drug-likeness (QED) is 0.782. The van der Waals surface area contributed by atoms with Crippen LogP contribution in [0.2, 0.25) is 0 Å². The first-order chi connectivity index (χ1) is 13.6. The summed E-state index contributed by atoms with van der Waals surface area (Å²) in [5.41, 5.74) is 6.84. The zero-order chi connectivity index (χ0) is 19.3. The molecule has 0 bridgehead atoms. The van der Waals surface area contributed by atoms with E-state index in [1.165, 1.54) is 18.0 Å². The molecule has 2 N–H and O–H groups in total. The minimum Gasteiger partial charge on any atom is -0.329 e. The highest BCUT2D eigenvalue weighted by Gasteiger charge is 2.42. The van der Waals surface area contributed by atoms with E-state index in [9.17, 15) is 9.28 Å². The van der Waals surface area contributed by atoms with E-state index >= 15 is 0 Å². The number of carbonyl (C=O) groups is 1. The fraction of sp³-hybridized carbons (Fsp3) is 0.250. The predicted octanol–water partition coefficient (Wildman–Crippen LogP) is 1.99. The molecule has 2 aromatic rings. The maximum atomic E-state index is 14.5. The SMILES string of the molecule is Cn1ncnc1C1C2=CNC(=O)C=C3C2=C(CNN3F)CC1c1ccccc1. The minimum atomic E-state index is -0.358. The molecule has 1 amide bonds. The van der Waals surface area contributed by atoms with Gasteiger partial charge in [0.15, 0.2) is 0 Å². The van der Waals surface area contributed by atoms with E-state index in [1.807, 2.05) is 25.2 Å². The number of aromatic nitrogens is 3. The van der Waals surface area contributed by atoms with Gasteiger partial charge in [-0.2, -0.15) is 5.10 Å². The molecule has 3 aliphatic rings. The molecule has 1 aromatic carbocycles. The van der Waals surface area contributed by atoms with Crippen LogP contribution in [0.4, 0.5) is 4.48 Å². The first-order valence-corrected chi connectivity index (χ1v) is 9.16. The number of allylic oxidation sites excluding steroid dienone is 1. The third kappa shape index (κ3) is 2.56. The van der Waals surface area contributed by atoms with Crippen LogP contribution in [-0.4, -0.2) is 32.4 Å². The molecule has 1 aliphatic carbocycles. The monoisotopic (exact) mass is 378 g/mol. The van der Waals surface area contributed by atoms with Crippen molar-refractivity contribution in [2.45, 2.75) is 18.3 Å². The lowest BCUT2D eigenvalue weighted by Crippen LogP contribution is -2.41. The highest BCUT2D eigenvalue weighted by molar-refractivity contribution is 5.91. The zero-order valence-corrected chi connectivity index (χ0v) is 15.3. The lowest BCUT2D eigenvalue weighted by molar-refractivity contribution is -0.115. The van der Waals surface area contributed by atoms with Crippen molar-refractivity contribution >= 4 is 5.91 Å². The molecule has 2 aliphatic heterocycles. The predicted molar refractivity (Wildman–Crippen MR) is 99.8 cm³/mol. The van der Waals surface area contributed by atoms with Gasteiger partial charge in [0, 0.05) is 37.4 Å². The first kappa shape index (κ1) is 16.9. The maximum absolute atomic E-state index is 14.5. The Kier molecular flexibility index (Phi) is 3.87. The van der Waals surface area contributed by atoms with Crippen LogP contribution in [0.25, 0.3) is 0 Å². The molecule has 1 aromatic heterocycles. The fourth-order valence-electron chi connectivity index (χ4n) is 4.42. The molecule has 2 atom stereocenters. The summed E-state index contributed by atoms with van der Waals surface area (Å²) < 4.78 is 16.3. The Labute approximate surface area is 161 Å². The molecular weight excluding hydrogens is 359 g/mol. The summed E-state index contributed by atoms with van der Waals surface area (Å²) in [7, 11) is 1.85. The fourth-order valence-corrected chi connectivity index (χ4v) is 4.42. The summed E-state index contributed by atoms with van der Waals surface area (Å²) in [5.74, 6) is 0.356. The van der Waals surface area contributed by atoms with Crippen LogP contribution in [-0.2, 0) is 11.8 Å². The molecular formula is C20H19FN6O. The number of rotatable bonds is 2. The average Bonchev–Trinajstić information content (AvgIpc) is 3.04. The van der Waals surface area contributed by atoms with Crippen LogP contribution in [0, 0.1) is 0 Å². The number of carbonyl (C=O) groups excluding carboxylic acids is 1. The Morgan fingerprint density at radius 3 is 2.82 bits per heavy atom. The van der Waals surface area contributed by atoms with Gasteiger partial charge in [0.25, 0.3) is 0 Å². The van der Waals surface area contributed by atoms with Crippen LogP contribution < -0.4 is 10.7 Å². The smallest absolute Gasteiger partial charge is 0.250 e. The Morgan fingerprint density at radius 2 is 2.07 bits per heavy atom.